The Hall–Kier alpha value is -1.88. The van der Waals surface area contributed by atoms with E-state index < -0.39 is 5.91 Å². The smallest absolute Gasteiger partial charge is 0.240 e. The summed E-state index contributed by atoms with van der Waals surface area (Å²) >= 11 is 0. The first kappa shape index (κ1) is 15.5. The summed E-state index contributed by atoms with van der Waals surface area (Å²) in [6.07, 6.45) is 2.68. The molecular weight excluding hydrogens is 266 g/mol. The molecule has 1 fully saturated rings. The van der Waals surface area contributed by atoms with Gasteiger partial charge in [-0.15, -0.1) is 0 Å². The maximum absolute atomic E-state index is 12.4. The molecule has 0 aromatic heterocycles. The molecule has 0 atom stereocenters. The van der Waals surface area contributed by atoms with Crippen molar-refractivity contribution < 1.29 is 9.59 Å². The molecule has 0 saturated heterocycles. The van der Waals surface area contributed by atoms with E-state index in [0.717, 1.165) is 23.7 Å². The number of hydrogen-bond acceptors (Lipinski definition) is 3. The third-order valence-electron chi connectivity index (χ3n) is 3.60. The summed E-state index contributed by atoms with van der Waals surface area (Å²) in [7, 11) is 0. The van der Waals surface area contributed by atoms with Gasteiger partial charge in [0.1, 0.15) is 0 Å². The van der Waals surface area contributed by atoms with E-state index in [1.54, 1.807) is 4.90 Å². The second kappa shape index (κ2) is 7.22. The predicted molar refractivity (Wildman–Crippen MR) is 82.9 cm³/mol. The second-order valence-corrected chi connectivity index (χ2v) is 5.67. The highest BCUT2D eigenvalue weighted by atomic mass is 16.2. The predicted octanol–water partition coefficient (Wildman–Crippen LogP) is 1.20. The van der Waals surface area contributed by atoms with Crippen LogP contribution in [-0.2, 0) is 9.59 Å². The summed E-state index contributed by atoms with van der Waals surface area (Å²) in [5, 5.41) is 3.19. The van der Waals surface area contributed by atoms with Gasteiger partial charge in [0.25, 0.3) is 0 Å². The molecule has 0 radical (unpaired) electrons. The van der Waals surface area contributed by atoms with Gasteiger partial charge < -0.3 is 16.0 Å². The zero-order valence-corrected chi connectivity index (χ0v) is 12.5. The lowest BCUT2D eigenvalue weighted by molar-refractivity contribution is -0.118. The molecule has 0 spiro atoms. The van der Waals surface area contributed by atoms with Gasteiger partial charge >= 0.3 is 0 Å². The normalized spacial score (nSPS) is 14.0. The van der Waals surface area contributed by atoms with Gasteiger partial charge in [-0.05, 0) is 49.9 Å². The lowest BCUT2D eigenvalue weighted by Crippen LogP contribution is -2.40. The van der Waals surface area contributed by atoms with E-state index >= 15 is 0 Å². The van der Waals surface area contributed by atoms with Gasteiger partial charge in [-0.3, -0.25) is 9.59 Å². The zero-order valence-electron chi connectivity index (χ0n) is 12.5. The van der Waals surface area contributed by atoms with Crippen molar-refractivity contribution in [2.24, 2.45) is 11.7 Å². The van der Waals surface area contributed by atoms with E-state index in [-0.39, 0.29) is 12.3 Å². The molecule has 1 aromatic rings. The molecule has 5 nitrogen and oxygen atoms in total. The molecule has 3 N–H and O–H groups in total. The summed E-state index contributed by atoms with van der Waals surface area (Å²) in [6.45, 7) is 3.49. The van der Waals surface area contributed by atoms with E-state index in [1.807, 2.05) is 31.2 Å². The topological polar surface area (TPSA) is 75.4 Å². The molecule has 0 unspecified atom stereocenters. The summed E-state index contributed by atoms with van der Waals surface area (Å²) < 4.78 is 0. The van der Waals surface area contributed by atoms with Crippen molar-refractivity contribution in [3.8, 4) is 0 Å². The van der Waals surface area contributed by atoms with Crippen molar-refractivity contribution in [3.63, 3.8) is 0 Å². The fourth-order valence-corrected chi connectivity index (χ4v) is 2.22. The first-order chi connectivity index (χ1) is 10.1. The van der Waals surface area contributed by atoms with Crippen molar-refractivity contribution in [1.82, 2.24) is 5.32 Å². The number of benzene rings is 1. The van der Waals surface area contributed by atoms with Gasteiger partial charge in [0.15, 0.2) is 0 Å². The summed E-state index contributed by atoms with van der Waals surface area (Å²) in [5.74, 6) is 0.310. The molecule has 2 rings (SSSR count). The standard InChI is InChI=1S/C16H23N3O2/c1-12-3-2-4-14(9-12)19(8-7-15(17)20)16(21)11-18-10-13-5-6-13/h2-4,9,13,18H,5-8,10-11H2,1H3,(H2,17,20). The number of rotatable bonds is 8. The minimum Gasteiger partial charge on any atom is -0.370 e. The van der Waals surface area contributed by atoms with Crippen LogP contribution < -0.4 is 16.0 Å². The summed E-state index contributed by atoms with van der Waals surface area (Å²) in [5.41, 5.74) is 7.10. The molecule has 0 aliphatic heterocycles. The molecule has 5 heteroatoms. The summed E-state index contributed by atoms with van der Waals surface area (Å²) in [4.78, 5) is 25.0. The lowest BCUT2D eigenvalue weighted by Gasteiger charge is -2.23. The number of primary amides is 1. The van der Waals surface area contributed by atoms with Crippen LogP contribution in [-0.4, -0.2) is 31.4 Å². The third-order valence-corrected chi connectivity index (χ3v) is 3.60. The first-order valence-corrected chi connectivity index (χ1v) is 7.42. The number of carbonyl (C=O) groups is 2. The maximum atomic E-state index is 12.4. The van der Waals surface area contributed by atoms with Crippen LogP contribution in [0.2, 0.25) is 0 Å². The van der Waals surface area contributed by atoms with E-state index in [4.69, 9.17) is 5.73 Å². The SMILES string of the molecule is Cc1cccc(N(CCC(N)=O)C(=O)CNCC2CC2)c1. The minimum absolute atomic E-state index is 0.0255. The molecule has 1 aromatic carbocycles. The molecule has 0 heterocycles. The van der Waals surface area contributed by atoms with Crippen LogP contribution in [0.3, 0.4) is 0 Å². The van der Waals surface area contributed by atoms with E-state index in [1.165, 1.54) is 12.8 Å². The van der Waals surface area contributed by atoms with Gasteiger partial charge in [0.2, 0.25) is 11.8 Å². The van der Waals surface area contributed by atoms with Crippen molar-refractivity contribution in [2.45, 2.75) is 26.2 Å². The van der Waals surface area contributed by atoms with Crippen molar-refractivity contribution in [1.29, 1.82) is 0 Å². The van der Waals surface area contributed by atoms with Crippen molar-refractivity contribution in [2.75, 3.05) is 24.5 Å². The van der Waals surface area contributed by atoms with E-state index in [9.17, 15) is 9.59 Å². The quantitative estimate of drug-likeness (QED) is 0.755. The summed E-state index contributed by atoms with van der Waals surface area (Å²) in [6, 6.07) is 7.71. The molecule has 1 saturated carbocycles. The highest BCUT2D eigenvalue weighted by Crippen LogP contribution is 2.27. The van der Waals surface area contributed by atoms with Crippen LogP contribution >= 0.6 is 0 Å². The molecule has 1 aliphatic carbocycles. The molecule has 1 aliphatic rings. The second-order valence-electron chi connectivity index (χ2n) is 5.67. The number of aryl methyl sites for hydroxylation is 1. The van der Waals surface area contributed by atoms with Crippen LogP contribution in [0, 0.1) is 12.8 Å². The van der Waals surface area contributed by atoms with Crippen molar-refractivity contribution >= 4 is 17.5 Å². The van der Waals surface area contributed by atoms with Crippen molar-refractivity contribution in [3.05, 3.63) is 29.8 Å². The van der Waals surface area contributed by atoms with Crippen LogP contribution in [0.5, 0.6) is 0 Å². The zero-order chi connectivity index (χ0) is 15.2. The Morgan fingerprint density at radius 2 is 2.14 bits per heavy atom. The Bertz CT molecular complexity index is 512. The fraction of sp³-hybridized carbons (Fsp3) is 0.500. The number of amides is 2. The third kappa shape index (κ3) is 5.19. The number of nitrogens with zero attached hydrogens (tertiary/aromatic N) is 1. The van der Waals surface area contributed by atoms with Gasteiger partial charge in [0.05, 0.1) is 6.54 Å². The van der Waals surface area contributed by atoms with Crippen LogP contribution in [0.15, 0.2) is 24.3 Å². The maximum Gasteiger partial charge on any atom is 0.240 e. The highest BCUT2D eigenvalue weighted by molar-refractivity contribution is 5.95. The van der Waals surface area contributed by atoms with E-state index in [2.05, 4.69) is 5.32 Å². The fourth-order valence-electron chi connectivity index (χ4n) is 2.22. The largest absolute Gasteiger partial charge is 0.370 e. The van der Waals surface area contributed by atoms with Crippen LogP contribution in [0.25, 0.3) is 0 Å². The monoisotopic (exact) mass is 289 g/mol. The van der Waals surface area contributed by atoms with Gasteiger partial charge in [0, 0.05) is 18.7 Å². The number of nitrogens with two attached hydrogens (primary N) is 1. The average Bonchev–Trinajstić information content (AvgIpc) is 3.23. The van der Waals surface area contributed by atoms with Gasteiger partial charge in [-0.1, -0.05) is 12.1 Å². The Morgan fingerprint density at radius 3 is 2.76 bits per heavy atom. The number of anilines is 1. The van der Waals surface area contributed by atoms with Gasteiger partial charge in [-0.25, -0.2) is 0 Å². The Labute approximate surface area is 125 Å². The van der Waals surface area contributed by atoms with E-state index in [0.29, 0.717) is 13.1 Å². The molecule has 2 amide bonds. The number of carbonyl (C=O) groups excluding carboxylic acids is 2. The first-order valence-electron chi connectivity index (χ1n) is 7.42. The Morgan fingerprint density at radius 1 is 1.38 bits per heavy atom. The molecule has 0 bridgehead atoms. The van der Waals surface area contributed by atoms with Crippen LogP contribution in [0.1, 0.15) is 24.8 Å². The molecular formula is C16H23N3O2. The molecule has 21 heavy (non-hydrogen) atoms. The highest BCUT2D eigenvalue weighted by Gasteiger charge is 2.22. The Balaban J connectivity index is 1.99. The Kier molecular flexibility index (Phi) is 5.33. The van der Waals surface area contributed by atoms with Gasteiger partial charge in [-0.2, -0.15) is 0 Å². The minimum atomic E-state index is -0.397. The number of hydrogen-bond donors (Lipinski definition) is 2. The van der Waals surface area contributed by atoms with Crippen LogP contribution in [0.4, 0.5) is 5.69 Å². The average molecular weight is 289 g/mol. The lowest BCUT2D eigenvalue weighted by atomic mass is 10.2. The molecule has 114 valence electrons. The number of nitrogens with one attached hydrogen (secondary N) is 1.